The Kier molecular flexibility index (Phi) is 6.32. The molecule has 0 saturated carbocycles. The number of halogens is 1. The first kappa shape index (κ1) is 19.3. The molecular formula is C16H28IN3O2. The lowest BCUT2D eigenvalue weighted by Gasteiger charge is -2.62. The molecule has 126 valence electrons. The number of nitrogens with zero attached hydrogens (tertiary/aromatic N) is 2. The Labute approximate surface area is 150 Å². The average Bonchev–Trinajstić information content (AvgIpc) is 2.95. The highest BCUT2D eigenvalue weighted by atomic mass is 127. The van der Waals surface area contributed by atoms with E-state index in [2.05, 4.69) is 49.8 Å². The van der Waals surface area contributed by atoms with Crippen LogP contribution in [0.1, 0.15) is 46.5 Å². The number of furan rings is 1. The summed E-state index contributed by atoms with van der Waals surface area (Å²) in [5, 5.41) is 13.4. The fraction of sp³-hybridized carbons (Fsp3) is 0.688. The van der Waals surface area contributed by atoms with Crippen molar-refractivity contribution in [2.75, 3.05) is 19.6 Å². The van der Waals surface area contributed by atoms with Gasteiger partial charge in [0.2, 0.25) is 0 Å². The zero-order valence-electron chi connectivity index (χ0n) is 14.1. The van der Waals surface area contributed by atoms with Crippen molar-refractivity contribution in [1.82, 2.24) is 10.2 Å². The van der Waals surface area contributed by atoms with Crippen molar-refractivity contribution >= 4 is 29.9 Å². The molecule has 1 fully saturated rings. The lowest BCUT2D eigenvalue weighted by atomic mass is 9.65. The van der Waals surface area contributed by atoms with E-state index in [1.54, 1.807) is 18.4 Å². The molecule has 1 atom stereocenters. The molecule has 6 heteroatoms. The second kappa shape index (κ2) is 7.21. The quantitative estimate of drug-likeness (QED) is 0.446. The van der Waals surface area contributed by atoms with Crippen molar-refractivity contribution in [3.63, 3.8) is 0 Å². The number of aliphatic imine (C=N–C) groups is 1. The van der Waals surface area contributed by atoms with E-state index in [1.807, 2.05) is 0 Å². The second-order valence-corrected chi connectivity index (χ2v) is 6.75. The van der Waals surface area contributed by atoms with Crippen LogP contribution in [0.4, 0.5) is 0 Å². The van der Waals surface area contributed by atoms with Crippen LogP contribution in [0.5, 0.6) is 0 Å². The number of nitrogens with one attached hydrogen (secondary N) is 1. The lowest BCUT2D eigenvalue weighted by molar-refractivity contribution is -0.0669. The van der Waals surface area contributed by atoms with E-state index < -0.39 is 6.10 Å². The molecule has 2 heterocycles. The minimum Gasteiger partial charge on any atom is -0.467 e. The molecule has 0 aliphatic carbocycles. The number of guanidine groups is 1. The number of aliphatic hydroxyl groups excluding tert-OH is 1. The summed E-state index contributed by atoms with van der Waals surface area (Å²) in [5.41, 5.74) is 0.298. The first-order valence-corrected chi connectivity index (χ1v) is 7.57. The van der Waals surface area contributed by atoms with E-state index in [0.717, 1.165) is 19.0 Å². The number of aliphatic hydroxyl groups is 1. The topological polar surface area (TPSA) is 61.0 Å². The van der Waals surface area contributed by atoms with Gasteiger partial charge in [0.15, 0.2) is 5.96 Å². The highest BCUT2D eigenvalue weighted by Gasteiger charge is 2.53. The summed E-state index contributed by atoms with van der Waals surface area (Å²) in [6.07, 6.45) is 0.861. The average molecular weight is 421 g/mol. The summed E-state index contributed by atoms with van der Waals surface area (Å²) in [5.74, 6) is 1.41. The Hall–Kier alpha value is -0.760. The monoisotopic (exact) mass is 421 g/mol. The molecule has 1 aliphatic rings. The summed E-state index contributed by atoms with van der Waals surface area (Å²) in [7, 11) is 0. The number of likely N-dealkylation sites (tertiary alicyclic amines) is 1. The van der Waals surface area contributed by atoms with Crippen molar-refractivity contribution in [1.29, 1.82) is 0 Å². The third-order valence-corrected chi connectivity index (χ3v) is 4.76. The minimum atomic E-state index is -0.703. The van der Waals surface area contributed by atoms with E-state index in [0.29, 0.717) is 12.3 Å². The smallest absolute Gasteiger partial charge is 0.194 e. The van der Waals surface area contributed by atoms with Crippen LogP contribution in [0.25, 0.3) is 0 Å². The molecule has 2 rings (SSSR count). The van der Waals surface area contributed by atoms with E-state index in [-0.39, 0.29) is 34.9 Å². The van der Waals surface area contributed by atoms with Gasteiger partial charge < -0.3 is 19.7 Å². The van der Waals surface area contributed by atoms with Crippen LogP contribution in [0.3, 0.4) is 0 Å². The van der Waals surface area contributed by atoms with E-state index in [9.17, 15) is 5.11 Å². The first-order valence-electron chi connectivity index (χ1n) is 7.57. The Morgan fingerprint density at radius 1 is 1.45 bits per heavy atom. The predicted octanol–water partition coefficient (Wildman–Crippen LogP) is 3.02. The van der Waals surface area contributed by atoms with Gasteiger partial charge in [0.05, 0.1) is 12.8 Å². The van der Waals surface area contributed by atoms with Gasteiger partial charge in [-0.1, -0.05) is 13.8 Å². The third-order valence-electron chi connectivity index (χ3n) is 4.76. The van der Waals surface area contributed by atoms with Crippen molar-refractivity contribution in [3.8, 4) is 0 Å². The highest BCUT2D eigenvalue weighted by Crippen LogP contribution is 2.46. The van der Waals surface area contributed by atoms with Crippen LogP contribution in [-0.4, -0.2) is 41.1 Å². The Balaban J connectivity index is 0.00000242. The molecule has 1 saturated heterocycles. The molecule has 22 heavy (non-hydrogen) atoms. The van der Waals surface area contributed by atoms with Gasteiger partial charge >= 0.3 is 0 Å². The van der Waals surface area contributed by atoms with E-state index >= 15 is 0 Å². The van der Waals surface area contributed by atoms with Crippen molar-refractivity contribution in [2.24, 2.45) is 10.4 Å². The summed E-state index contributed by atoms with van der Waals surface area (Å²) in [6, 6.07) is 3.54. The first-order chi connectivity index (χ1) is 9.79. The maximum atomic E-state index is 10.1. The van der Waals surface area contributed by atoms with Gasteiger partial charge in [-0.15, -0.1) is 24.0 Å². The highest BCUT2D eigenvalue weighted by molar-refractivity contribution is 14.0. The SMILES string of the molecule is CCNC(=NCC(O)c1ccco1)N1CC(C)(C)C1(C)C.I. The van der Waals surface area contributed by atoms with Gasteiger partial charge in [-0.25, -0.2) is 4.99 Å². The van der Waals surface area contributed by atoms with Gasteiger partial charge in [0, 0.05) is 24.0 Å². The number of rotatable bonds is 4. The van der Waals surface area contributed by atoms with E-state index in [4.69, 9.17) is 4.42 Å². The summed E-state index contributed by atoms with van der Waals surface area (Å²) in [6.45, 7) is 13.1. The standard InChI is InChI=1S/C16H27N3O2.HI/c1-6-17-14(19-11-15(2,3)16(19,4)5)18-10-12(20)13-8-7-9-21-13;/h7-9,12,20H,6,10-11H2,1-5H3,(H,17,18);1H. The zero-order chi connectivity index (χ0) is 15.7. The molecule has 1 aliphatic heterocycles. The van der Waals surface area contributed by atoms with Gasteiger partial charge in [0.25, 0.3) is 0 Å². The fourth-order valence-corrected chi connectivity index (χ4v) is 2.54. The Morgan fingerprint density at radius 3 is 2.59 bits per heavy atom. The number of hydrogen-bond acceptors (Lipinski definition) is 3. The van der Waals surface area contributed by atoms with Crippen LogP contribution in [0.2, 0.25) is 0 Å². The van der Waals surface area contributed by atoms with Crippen LogP contribution < -0.4 is 5.32 Å². The zero-order valence-corrected chi connectivity index (χ0v) is 16.4. The third kappa shape index (κ3) is 3.59. The summed E-state index contributed by atoms with van der Waals surface area (Å²) < 4.78 is 5.21. The molecule has 0 spiro atoms. The maximum absolute atomic E-state index is 10.1. The summed E-state index contributed by atoms with van der Waals surface area (Å²) in [4.78, 5) is 6.84. The molecule has 0 amide bonds. The normalized spacial score (nSPS) is 20.8. The van der Waals surface area contributed by atoms with Crippen LogP contribution >= 0.6 is 24.0 Å². The van der Waals surface area contributed by atoms with Crippen molar-refractivity contribution in [3.05, 3.63) is 24.2 Å². The molecule has 5 nitrogen and oxygen atoms in total. The molecular weight excluding hydrogens is 393 g/mol. The van der Waals surface area contributed by atoms with Crippen LogP contribution in [-0.2, 0) is 0 Å². The molecule has 1 aromatic rings. The Bertz CT molecular complexity index is 497. The van der Waals surface area contributed by atoms with E-state index in [1.165, 1.54) is 0 Å². The van der Waals surface area contributed by atoms with Gasteiger partial charge in [-0.2, -0.15) is 0 Å². The largest absolute Gasteiger partial charge is 0.467 e. The second-order valence-electron chi connectivity index (χ2n) is 6.75. The molecule has 0 bridgehead atoms. The summed E-state index contributed by atoms with van der Waals surface area (Å²) >= 11 is 0. The maximum Gasteiger partial charge on any atom is 0.194 e. The van der Waals surface area contributed by atoms with Crippen LogP contribution in [0.15, 0.2) is 27.8 Å². The molecule has 2 N–H and O–H groups in total. The van der Waals surface area contributed by atoms with Gasteiger partial charge in [-0.3, -0.25) is 0 Å². The van der Waals surface area contributed by atoms with Crippen molar-refractivity contribution < 1.29 is 9.52 Å². The molecule has 1 aromatic heterocycles. The van der Waals surface area contributed by atoms with Crippen molar-refractivity contribution in [2.45, 2.75) is 46.3 Å². The Morgan fingerprint density at radius 2 is 2.14 bits per heavy atom. The van der Waals surface area contributed by atoms with Gasteiger partial charge in [0.1, 0.15) is 11.9 Å². The molecule has 0 aromatic carbocycles. The fourth-order valence-electron chi connectivity index (χ4n) is 2.54. The van der Waals surface area contributed by atoms with Gasteiger partial charge in [-0.05, 0) is 32.9 Å². The number of hydrogen-bond donors (Lipinski definition) is 2. The lowest BCUT2D eigenvalue weighted by Crippen LogP contribution is -2.72. The predicted molar refractivity (Wildman–Crippen MR) is 99.6 cm³/mol. The van der Waals surface area contributed by atoms with Crippen LogP contribution in [0, 0.1) is 5.41 Å². The minimum absolute atomic E-state index is 0. The molecule has 1 unspecified atom stereocenters. The molecule has 0 radical (unpaired) electrons.